The summed E-state index contributed by atoms with van der Waals surface area (Å²) in [4.78, 5) is 1.25. The number of halogens is 1. The molecule has 4 heteroatoms. The third kappa shape index (κ3) is 2.07. The lowest BCUT2D eigenvalue weighted by Gasteiger charge is -2.27. The summed E-state index contributed by atoms with van der Waals surface area (Å²) in [5, 5.41) is 3.46. The molecule has 17 heavy (non-hydrogen) atoms. The predicted octanol–water partition coefficient (Wildman–Crippen LogP) is 4.36. The van der Waals surface area contributed by atoms with Crippen molar-refractivity contribution in [3.63, 3.8) is 0 Å². The van der Waals surface area contributed by atoms with Crippen molar-refractivity contribution in [2.24, 2.45) is 0 Å². The Morgan fingerprint density at radius 3 is 3.00 bits per heavy atom. The summed E-state index contributed by atoms with van der Waals surface area (Å²) in [6.45, 7) is 2.92. The fourth-order valence-electron chi connectivity index (χ4n) is 2.02. The van der Waals surface area contributed by atoms with Gasteiger partial charge in [0.1, 0.15) is 5.75 Å². The average Bonchev–Trinajstić information content (AvgIpc) is 2.76. The Bertz CT molecular complexity index is 552. The maximum atomic E-state index is 6.04. The van der Waals surface area contributed by atoms with Crippen LogP contribution in [-0.2, 0) is 0 Å². The van der Waals surface area contributed by atoms with Gasteiger partial charge in [-0.15, -0.1) is 11.3 Å². The van der Waals surface area contributed by atoms with Gasteiger partial charge < -0.3 is 10.1 Å². The Balaban J connectivity index is 1.90. The van der Waals surface area contributed by atoms with Crippen LogP contribution in [0.15, 0.2) is 34.1 Å². The van der Waals surface area contributed by atoms with E-state index >= 15 is 0 Å². The van der Waals surface area contributed by atoms with Gasteiger partial charge in [-0.2, -0.15) is 0 Å². The summed E-state index contributed by atoms with van der Waals surface area (Å²) < 4.78 is 7.18. The van der Waals surface area contributed by atoms with Gasteiger partial charge in [0.15, 0.2) is 6.10 Å². The normalized spacial score (nSPS) is 18.1. The van der Waals surface area contributed by atoms with Crippen LogP contribution < -0.4 is 10.1 Å². The zero-order valence-electron chi connectivity index (χ0n) is 9.37. The Hall–Kier alpha value is -1.000. The molecular weight excluding hydrogens is 298 g/mol. The van der Waals surface area contributed by atoms with Crippen LogP contribution in [0, 0.1) is 6.92 Å². The van der Waals surface area contributed by atoms with Crippen molar-refractivity contribution < 1.29 is 4.74 Å². The first-order chi connectivity index (χ1) is 8.24. The van der Waals surface area contributed by atoms with Crippen molar-refractivity contribution in [3.05, 3.63) is 44.6 Å². The SMILES string of the molecule is Cc1cccc2c1NCC(c1ccc(Br)s1)O2. The number of fused-ring (bicyclic) bond motifs is 1. The van der Waals surface area contributed by atoms with Crippen LogP contribution in [0.2, 0.25) is 0 Å². The topological polar surface area (TPSA) is 21.3 Å². The minimum Gasteiger partial charge on any atom is -0.481 e. The quantitative estimate of drug-likeness (QED) is 0.845. The van der Waals surface area contributed by atoms with Gasteiger partial charge >= 0.3 is 0 Å². The van der Waals surface area contributed by atoms with E-state index in [0.717, 1.165) is 21.8 Å². The van der Waals surface area contributed by atoms with Crippen LogP contribution in [0.5, 0.6) is 5.75 Å². The number of ether oxygens (including phenoxy) is 1. The molecule has 0 radical (unpaired) electrons. The first-order valence-corrected chi connectivity index (χ1v) is 7.10. The predicted molar refractivity (Wildman–Crippen MR) is 75.1 cm³/mol. The van der Waals surface area contributed by atoms with Crippen LogP contribution >= 0.6 is 27.3 Å². The van der Waals surface area contributed by atoms with Crippen LogP contribution in [0.25, 0.3) is 0 Å². The van der Waals surface area contributed by atoms with E-state index in [1.807, 2.05) is 12.1 Å². The smallest absolute Gasteiger partial charge is 0.150 e. The highest BCUT2D eigenvalue weighted by Gasteiger charge is 2.22. The zero-order valence-corrected chi connectivity index (χ0v) is 11.8. The summed E-state index contributed by atoms with van der Waals surface area (Å²) in [6.07, 6.45) is 0.112. The van der Waals surface area contributed by atoms with Crippen molar-refractivity contribution in [2.45, 2.75) is 13.0 Å². The Morgan fingerprint density at radius 1 is 1.35 bits per heavy atom. The van der Waals surface area contributed by atoms with Crippen LogP contribution in [-0.4, -0.2) is 6.54 Å². The van der Waals surface area contributed by atoms with Crippen molar-refractivity contribution in [2.75, 3.05) is 11.9 Å². The van der Waals surface area contributed by atoms with Crippen molar-refractivity contribution in [1.82, 2.24) is 0 Å². The molecule has 1 atom stereocenters. The first kappa shape index (κ1) is 11.1. The van der Waals surface area contributed by atoms with E-state index in [-0.39, 0.29) is 6.10 Å². The van der Waals surface area contributed by atoms with Gasteiger partial charge in [-0.1, -0.05) is 12.1 Å². The molecule has 1 aliphatic heterocycles. The number of anilines is 1. The highest BCUT2D eigenvalue weighted by atomic mass is 79.9. The molecular formula is C13H12BrNOS. The third-order valence-corrected chi connectivity index (χ3v) is 4.60. The number of benzene rings is 1. The number of rotatable bonds is 1. The van der Waals surface area contributed by atoms with E-state index in [0.29, 0.717) is 0 Å². The molecule has 1 aromatic heterocycles. The molecule has 0 bridgehead atoms. The molecule has 0 saturated carbocycles. The highest BCUT2D eigenvalue weighted by Crippen LogP contribution is 2.38. The van der Waals surface area contributed by atoms with Crippen LogP contribution in [0.1, 0.15) is 16.5 Å². The molecule has 1 aromatic carbocycles. The van der Waals surface area contributed by atoms with Gasteiger partial charge in [-0.25, -0.2) is 0 Å². The largest absolute Gasteiger partial charge is 0.481 e. The molecule has 0 spiro atoms. The van der Waals surface area contributed by atoms with Gasteiger partial charge in [0.25, 0.3) is 0 Å². The van der Waals surface area contributed by atoms with Crippen molar-refractivity contribution in [1.29, 1.82) is 0 Å². The Kier molecular flexibility index (Phi) is 2.84. The monoisotopic (exact) mass is 309 g/mol. The summed E-state index contributed by atoms with van der Waals surface area (Å²) in [5.41, 5.74) is 2.35. The third-order valence-electron chi connectivity index (χ3n) is 2.88. The van der Waals surface area contributed by atoms with Crippen LogP contribution in [0.4, 0.5) is 5.69 Å². The molecule has 88 valence electrons. The summed E-state index contributed by atoms with van der Waals surface area (Å²) in [5.74, 6) is 0.950. The van der Waals surface area contributed by atoms with Crippen LogP contribution in [0.3, 0.4) is 0 Å². The maximum Gasteiger partial charge on any atom is 0.150 e. The van der Waals surface area contributed by atoms with E-state index in [4.69, 9.17) is 4.74 Å². The molecule has 1 N–H and O–H groups in total. The van der Waals surface area contributed by atoms with Crippen molar-refractivity contribution >= 4 is 33.0 Å². The molecule has 2 heterocycles. The molecule has 1 aliphatic rings. The number of aryl methyl sites for hydroxylation is 1. The average molecular weight is 310 g/mol. The zero-order chi connectivity index (χ0) is 11.8. The Morgan fingerprint density at radius 2 is 2.24 bits per heavy atom. The van der Waals surface area contributed by atoms with E-state index in [2.05, 4.69) is 46.4 Å². The molecule has 0 amide bonds. The van der Waals surface area contributed by atoms with Gasteiger partial charge in [0, 0.05) is 4.88 Å². The molecule has 0 aliphatic carbocycles. The second-order valence-electron chi connectivity index (χ2n) is 4.08. The maximum absolute atomic E-state index is 6.04. The number of para-hydroxylation sites is 1. The first-order valence-electron chi connectivity index (χ1n) is 5.49. The van der Waals surface area contributed by atoms with E-state index < -0.39 is 0 Å². The fraction of sp³-hybridized carbons (Fsp3) is 0.231. The fourth-order valence-corrected chi connectivity index (χ4v) is 3.47. The summed E-state index contributed by atoms with van der Waals surface area (Å²) >= 11 is 5.21. The van der Waals surface area contributed by atoms with Gasteiger partial charge in [-0.3, -0.25) is 0 Å². The Labute approximate surface area is 113 Å². The number of hydrogen-bond donors (Lipinski definition) is 1. The lowest BCUT2D eigenvalue weighted by molar-refractivity contribution is 0.214. The lowest BCUT2D eigenvalue weighted by atomic mass is 10.1. The van der Waals surface area contributed by atoms with E-state index in [1.165, 1.54) is 10.4 Å². The minimum atomic E-state index is 0.112. The number of nitrogens with one attached hydrogen (secondary N) is 1. The lowest BCUT2D eigenvalue weighted by Crippen LogP contribution is -2.23. The molecule has 2 aromatic rings. The number of hydrogen-bond acceptors (Lipinski definition) is 3. The van der Waals surface area contributed by atoms with Gasteiger partial charge in [0.2, 0.25) is 0 Å². The summed E-state index contributed by atoms with van der Waals surface area (Å²) in [6, 6.07) is 10.3. The standard InChI is InChI=1S/C13H12BrNOS/c1-8-3-2-4-9-13(8)15-7-10(16-9)11-5-6-12(14)17-11/h2-6,10,15H,7H2,1H3. The minimum absolute atomic E-state index is 0.112. The summed E-state index contributed by atoms with van der Waals surface area (Å²) in [7, 11) is 0. The second-order valence-corrected chi connectivity index (χ2v) is 6.57. The number of thiophene rings is 1. The molecule has 0 fully saturated rings. The molecule has 1 unspecified atom stereocenters. The highest BCUT2D eigenvalue weighted by molar-refractivity contribution is 9.11. The van der Waals surface area contributed by atoms with E-state index in [9.17, 15) is 0 Å². The molecule has 3 rings (SSSR count). The van der Waals surface area contributed by atoms with Gasteiger partial charge in [0.05, 0.1) is 16.0 Å². The second kappa shape index (κ2) is 4.35. The van der Waals surface area contributed by atoms with Gasteiger partial charge in [-0.05, 0) is 46.6 Å². The van der Waals surface area contributed by atoms with E-state index in [1.54, 1.807) is 11.3 Å². The molecule has 0 saturated heterocycles. The molecule has 2 nitrogen and oxygen atoms in total. The van der Waals surface area contributed by atoms with Crippen molar-refractivity contribution in [3.8, 4) is 5.75 Å².